The molecule has 0 saturated carbocycles. The molecule has 6 heteroatoms. The van der Waals surface area contributed by atoms with E-state index in [0.717, 1.165) is 0 Å². The standard InChI is InChI=1S/C9H5Cl3N2O/c10-4-5-3-8(15)14-7(13-5)2-1-6(11)9(14)12/h1-3H,4H2. The summed E-state index contributed by atoms with van der Waals surface area (Å²) in [4.78, 5) is 15.8. The van der Waals surface area contributed by atoms with Crippen LogP contribution in [0.3, 0.4) is 0 Å². The summed E-state index contributed by atoms with van der Waals surface area (Å²) in [5.74, 6) is 0.186. The fourth-order valence-corrected chi connectivity index (χ4v) is 1.77. The topological polar surface area (TPSA) is 34.4 Å². The van der Waals surface area contributed by atoms with Crippen molar-refractivity contribution in [2.24, 2.45) is 0 Å². The molecule has 0 aliphatic heterocycles. The number of alkyl halides is 1. The molecule has 78 valence electrons. The van der Waals surface area contributed by atoms with Gasteiger partial charge < -0.3 is 0 Å². The molecule has 0 aliphatic carbocycles. The van der Waals surface area contributed by atoms with Crippen molar-refractivity contribution < 1.29 is 0 Å². The van der Waals surface area contributed by atoms with Crippen molar-refractivity contribution in [3.8, 4) is 0 Å². The maximum absolute atomic E-state index is 11.7. The van der Waals surface area contributed by atoms with E-state index in [1.165, 1.54) is 10.5 Å². The predicted octanol–water partition coefficient (Wildman–Crippen LogP) is 2.74. The molecule has 2 heterocycles. The lowest BCUT2D eigenvalue weighted by Gasteiger charge is -2.04. The van der Waals surface area contributed by atoms with Gasteiger partial charge in [0.05, 0.1) is 16.6 Å². The van der Waals surface area contributed by atoms with Crippen molar-refractivity contribution in [1.82, 2.24) is 9.38 Å². The average Bonchev–Trinajstić information content (AvgIpc) is 2.23. The van der Waals surface area contributed by atoms with E-state index in [9.17, 15) is 4.79 Å². The first-order valence-corrected chi connectivity index (χ1v) is 5.35. The number of halogens is 3. The van der Waals surface area contributed by atoms with Crippen molar-refractivity contribution in [1.29, 1.82) is 0 Å². The molecule has 2 rings (SSSR count). The maximum Gasteiger partial charge on any atom is 0.259 e. The van der Waals surface area contributed by atoms with Crippen LogP contribution >= 0.6 is 34.8 Å². The van der Waals surface area contributed by atoms with E-state index in [0.29, 0.717) is 16.4 Å². The number of hydrogen-bond acceptors (Lipinski definition) is 2. The number of fused-ring (bicyclic) bond motifs is 1. The summed E-state index contributed by atoms with van der Waals surface area (Å²) in [6.45, 7) is 0. The molecule has 0 bridgehead atoms. The highest BCUT2D eigenvalue weighted by Gasteiger charge is 2.07. The van der Waals surface area contributed by atoms with Crippen molar-refractivity contribution in [2.45, 2.75) is 5.88 Å². The first kappa shape index (κ1) is 10.7. The van der Waals surface area contributed by atoms with Gasteiger partial charge in [-0.3, -0.25) is 4.79 Å². The average molecular weight is 264 g/mol. The van der Waals surface area contributed by atoms with E-state index in [1.807, 2.05) is 0 Å². The molecule has 0 aromatic carbocycles. The van der Waals surface area contributed by atoms with Crippen LogP contribution in [0.5, 0.6) is 0 Å². The highest BCUT2D eigenvalue weighted by Crippen LogP contribution is 2.21. The van der Waals surface area contributed by atoms with Gasteiger partial charge in [-0.05, 0) is 12.1 Å². The van der Waals surface area contributed by atoms with Crippen LogP contribution in [0.15, 0.2) is 23.0 Å². The van der Waals surface area contributed by atoms with Gasteiger partial charge in [0.15, 0.2) is 0 Å². The van der Waals surface area contributed by atoms with E-state index >= 15 is 0 Å². The van der Waals surface area contributed by atoms with Crippen molar-refractivity contribution in [3.05, 3.63) is 44.4 Å². The Kier molecular flexibility index (Phi) is 2.87. The molecule has 0 radical (unpaired) electrons. The highest BCUT2D eigenvalue weighted by molar-refractivity contribution is 6.41. The second-order valence-corrected chi connectivity index (χ2v) is 3.92. The van der Waals surface area contributed by atoms with Crippen LogP contribution in [0.2, 0.25) is 10.2 Å². The first-order chi connectivity index (χ1) is 7.13. The highest BCUT2D eigenvalue weighted by atomic mass is 35.5. The Bertz CT molecular complexity index is 579. The lowest BCUT2D eigenvalue weighted by Crippen LogP contribution is -2.16. The molecular weight excluding hydrogens is 258 g/mol. The van der Waals surface area contributed by atoms with Gasteiger partial charge in [0.1, 0.15) is 10.8 Å². The van der Waals surface area contributed by atoms with Gasteiger partial charge in [0.25, 0.3) is 5.56 Å². The zero-order chi connectivity index (χ0) is 11.0. The molecule has 3 nitrogen and oxygen atoms in total. The van der Waals surface area contributed by atoms with Gasteiger partial charge in [0.2, 0.25) is 0 Å². The Hall–Kier alpha value is -0.770. The van der Waals surface area contributed by atoms with E-state index in [2.05, 4.69) is 4.98 Å². The largest absolute Gasteiger partial charge is 0.269 e. The summed E-state index contributed by atoms with van der Waals surface area (Å²) in [5.41, 5.74) is 0.663. The number of rotatable bonds is 1. The summed E-state index contributed by atoms with van der Waals surface area (Å²) < 4.78 is 1.24. The van der Waals surface area contributed by atoms with Gasteiger partial charge >= 0.3 is 0 Å². The Balaban J connectivity index is 2.92. The van der Waals surface area contributed by atoms with Gasteiger partial charge in [-0.15, -0.1) is 11.6 Å². The Morgan fingerprint density at radius 3 is 2.73 bits per heavy atom. The lowest BCUT2D eigenvalue weighted by atomic mass is 10.4. The van der Waals surface area contributed by atoms with Crippen LogP contribution in [0, 0.1) is 0 Å². The molecule has 15 heavy (non-hydrogen) atoms. The van der Waals surface area contributed by atoms with Gasteiger partial charge in [-0.2, -0.15) is 0 Å². The minimum atomic E-state index is -0.289. The molecule has 0 fully saturated rings. The van der Waals surface area contributed by atoms with Gasteiger partial charge in [0, 0.05) is 6.07 Å². The van der Waals surface area contributed by atoms with Gasteiger partial charge in [-0.25, -0.2) is 9.38 Å². The third-order valence-corrected chi connectivity index (χ3v) is 2.95. The van der Waals surface area contributed by atoms with E-state index in [4.69, 9.17) is 34.8 Å². The molecular formula is C9H5Cl3N2O. The Morgan fingerprint density at radius 1 is 1.33 bits per heavy atom. The van der Waals surface area contributed by atoms with Crippen molar-refractivity contribution in [2.75, 3.05) is 0 Å². The second-order valence-electron chi connectivity index (χ2n) is 2.89. The lowest BCUT2D eigenvalue weighted by molar-refractivity contribution is 1.01. The van der Waals surface area contributed by atoms with Crippen LogP contribution < -0.4 is 5.56 Å². The summed E-state index contributed by atoms with van der Waals surface area (Å²) in [6, 6.07) is 4.54. The fourth-order valence-electron chi connectivity index (χ4n) is 1.25. The fraction of sp³-hybridized carbons (Fsp3) is 0.111. The molecule has 0 N–H and O–H groups in total. The minimum Gasteiger partial charge on any atom is -0.269 e. The van der Waals surface area contributed by atoms with E-state index in [-0.39, 0.29) is 16.6 Å². The van der Waals surface area contributed by atoms with Crippen LogP contribution in [-0.2, 0) is 5.88 Å². The maximum atomic E-state index is 11.7. The molecule has 2 aromatic rings. The quantitative estimate of drug-likeness (QED) is 0.586. The molecule has 2 aromatic heterocycles. The normalized spacial score (nSPS) is 10.9. The zero-order valence-electron chi connectivity index (χ0n) is 7.38. The molecule has 0 saturated heterocycles. The van der Waals surface area contributed by atoms with Crippen LogP contribution in [0.1, 0.15) is 5.69 Å². The van der Waals surface area contributed by atoms with Gasteiger partial charge in [-0.1, -0.05) is 23.2 Å². The number of aromatic nitrogens is 2. The third-order valence-electron chi connectivity index (χ3n) is 1.91. The van der Waals surface area contributed by atoms with Crippen LogP contribution in [0.4, 0.5) is 0 Å². The molecule has 0 unspecified atom stereocenters. The number of hydrogen-bond donors (Lipinski definition) is 0. The smallest absolute Gasteiger partial charge is 0.259 e. The molecule has 0 spiro atoms. The van der Waals surface area contributed by atoms with Crippen LogP contribution in [-0.4, -0.2) is 9.38 Å². The summed E-state index contributed by atoms with van der Waals surface area (Å²) >= 11 is 17.3. The molecule has 0 aliphatic rings. The molecule has 0 amide bonds. The summed E-state index contributed by atoms with van der Waals surface area (Å²) in [7, 11) is 0. The molecule has 0 atom stereocenters. The summed E-state index contributed by atoms with van der Waals surface area (Å²) in [5, 5.41) is 0.472. The predicted molar refractivity (Wildman–Crippen MR) is 61.0 cm³/mol. The summed E-state index contributed by atoms with van der Waals surface area (Å²) in [6.07, 6.45) is 0. The number of pyridine rings is 1. The van der Waals surface area contributed by atoms with Crippen molar-refractivity contribution >= 4 is 40.4 Å². The van der Waals surface area contributed by atoms with Crippen LogP contribution in [0.25, 0.3) is 5.65 Å². The monoisotopic (exact) mass is 262 g/mol. The van der Waals surface area contributed by atoms with E-state index < -0.39 is 0 Å². The zero-order valence-corrected chi connectivity index (χ0v) is 9.64. The van der Waals surface area contributed by atoms with E-state index in [1.54, 1.807) is 12.1 Å². The van der Waals surface area contributed by atoms with Crippen molar-refractivity contribution in [3.63, 3.8) is 0 Å². The Labute approximate surface area is 100 Å². The third kappa shape index (κ3) is 1.83. The first-order valence-electron chi connectivity index (χ1n) is 4.06. The number of nitrogens with zero attached hydrogens (tertiary/aromatic N) is 2. The SMILES string of the molecule is O=c1cc(CCl)nc2ccc(Cl)c(Cl)n12. The minimum absolute atomic E-state index is 0.160. The second kappa shape index (κ2) is 4.00. The Morgan fingerprint density at radius 2 is 2.07 bits per heavy atom.